The molecule has 3 rings (SSSR count). The van der Waals surface area contributed by atoms with E-state index in [9.17, 15) is 14.9 Å². The molecule has 0 aliphatic carbocycles. The first-order chi connectivity index (χ1) is 14.3. The van der Waals surface area contributed by atoms with Gasteiger partial charge in [0.15, 0.2) is 17.2 Å². The van der Waals surface area contributed by atoms with E-state index >= 15 is 0 Å². The van der Waals surface area contributed by atoms with Crippen LogP contribution in [0.15, 0.2) is 47.1 Å². The Morgan fingerprint density at radius 2 is 2.00 bits per heavy atom. The van der Waals surface area contributed by atoms with Gasteiger partial charge in [0.25, 0.3) is 5.69 Å². The number of benzene rings is 2. The minimum Gasteiger partial charge on any atom is -0.493 e. The standard InChI is InChI=1S/C21H19ClN2O6/c1-12(2)11-29-18-7-4-13(9-19(18)28-3)8-17-21(25)30-20(23-17)15-10-14(24(26)27)5-6-16(15)22/h4-10,12H,11H2,1-3H3/b17-8-. The Bertz CT molecular complexity index is 1060. The summed E-state index contributed by atoms with van der Waals surface area (Å²) in [6.45, 7) is 4.63. The van der Waals surface area contributed by atoms with Crippen LogP contribution in [0, 0.1) is 16.0 Å². The normalized spacial score (nSPS) is 14.6. The van der Waals surface area contributed by atoms with Crippen LogP contribution in [0.2, 0.25) is 5.02 Å². The lowest BCUT2D eigenvalue weighted by molar-refractivity contribution is -0.384. The Morgan fingerprint density at radius 3 is 2.67 bits per heavy atom. The topological polar surface area (TPSA) is 100 Å². The van der Waals surface area contributed by atoms with Gasteiger partial charge in [0, 0.05) is 12.1 Å². The molecule has 30 heavy (non-hydrogen) atoms. The quantitative estimate of drug-likeness (QED) is 0.274. The highest BCUT2D eigenvalue weighted by atomic mass is 35.5. The van der Waals surface area contributed by atoms with Crippen molar-refractivity contribution in [3.05, 3.63) is 68.4 Å². The number of methoxy groups -OCH3 is 1. The number of hydrogen-bond donors (Lipinski definition) is 0. The number of carbonyl (C=O) groups excluding carboxylic acids is 1. The summed E-state index contributed by atoms with van der Waals surface area (Å²) in [5.74, 6) is 0.686. The highest BCUT2D eigenvalue weighted by Gasteiger charge is 2.27. The predicted molar refractivity (Wildman–Crippen MR) is 112 cm³/mol. The van der Waals surface area contributed by atoms with Crippen LogP contribution in [-0.4, -0.2) is 30.5 Å². The summed E-state index contributed by atoms with van der Waals surface area (Å²) in [4.78, 5) is 26.8. The second-order valence-electron chi connectivity index (χ2n) is 6.87. The average Bonchev–Trinajstić information content (AvgIpc) is 3.06. The number of esters is 1. The highest BCUT2D eigenvalue weighted by molar-refractivity contribution is 6.34. The van der Waals surface area contributed by atoms with Crippen molar-refractivity contribution in [3.8, 4) is 11.5 Å². The second-order valence-corrected chi connectivity index (χ2v) is 7.28. The summed E-state index contributed by atoms with van der Waals surface area (Å²) in [5.41, 5.74) is 0.654. The molecule has 2 aromatic rings. The second kappa shape index (κ2) is 8.96. The van der Waals surface area contributed by atoms with E-state index < -0.39 is 10.9 Å². The number of cyclic esters (lactones) is 1. The number of ether oxygens (including phenoxy) is 3. The summed E-state index contributed by atoms with van der Waals surface area (Å²) in [6, 6.07) is 9.04. The highest BCUT2D eigenvalue weighted by Crippen LogP contribution is 2.31. The maximum absolute atomic E-state index is 12.3. The lowest BCUT2D eigenvalue weighted by Gasteiger charge is -2.12. The van der Waals surface area contributed by atoms with Gasteiger partial charge in [-0.1, -0.05) is 31.5 Å². The van der Waals surface area contributed by atoms with Crippen LogP contribution in [0.1, 0.15) is 25.0 Å². The van der Waals surface area contributed by atoms with Crippen molar-refractivity contribution in [2.24, 2.45) is 10.9 Å². The number of carbonyl (C=O) groups is 1. The third-order valence-electron chi connectivity index (χ3n) is 4.07. The van der Waals surface area contributed by atoms with Crippen LogP contribution >= 0.6 is 11.6 Å². The number of nitro benzene ring substituents is 1. The lowest BCUT2D eigenvalue weighted by atomic mass is 10.1. The van der Waals surface area contributed by atoms with E-state index in [0.29, 0.717) is 29.6 Å². The van der Waals surface area contributed by atoms with Crippen LogP contribution in [0.4, 0.5) is 5.69 Å². The Hall–Kier alpha value is -3.39. The summed E-state index contributed by atoms with van der Waals surface area (Å²) in [7, 11) is 1.53. The fraction of sp³-hybridized carbons (Fsp3) is 0.238. The first-order valence-electron chi connectivity index (χ1n) is 9.06. The van der Waals surface area contributed by atoms with Crippen LogP contribution in [0.25, 0.3) is 6.08 Å². The minimum absolute atomic E-state index is 0.0328. The molecule has 1 aliphatic heterocycles. The molecule has 0 spiro atoms. The molecule has 0 bridgehead atoms. The SMILES string of the molecule is COc1cc(/C=C2\N=C(c3cc([N+](=O)[O-])ccc3Cl)OC2=O)ccc1OCC(C)C. The molecule has 156 valence electrons. The van der Waals surface area contributed by atoms with Gasteiger partial charge in [-0.05, 0) is 35.8 Å². The van der Waals surface area contributed by atoms with Crippen LogP contribution in [0.5, 0.6) is 11.5 Å². The summed E-state index contributed by atoms with van der Waals surface area (Å²) < 4.78 is 16.3. The molecule has 0 amide bonds. The Balaban J connectivity index is 1.91. The molecule has 2 aromatic carbocycles. The fourth-order valence-corrected chi connectivity index (χ4v) is 2.82. The maximum Gasteiger partial charge on any atom is 0.363 e. The van der Waals surface area contributed by atoms with Crippen LogP contribution in [0.3, 0.4) is 0 Å². The van der Waals surface area contributed by atoms with E-state index in [1.54, 1.807) is 18.2 Å². The van der Waals surface area contributed by atoms with Gasteiger partial charge >= 0.3 is 5.97 Å². The van der Waals surface area contributed by atoms with Gasteiger partial charge in [0.1, 0.15) is 0 Å². The van der Waals surface area contributed by atoms with Crippen LogP contribution in [-0.2, 0) is 9.53 Å². The zero-order valence-corrected chi connectivity index (χ0v) is 17.3. The van der Waals surface area contributed by atoms with Crippen molar-refractivity contribution < 1.29 is 23.9 Å². The molecule has 0 saturated carbocycles. The van der Waals surface area contributed by atoms with Crippen LogP contribution < -0.4 is 9.47 Å². The van der Waals surface area contributed by atoms with Crippen molar-refractivity contribution in [3.63, 3.8) is 0 Å². The number of halogens is 1. The molecular formula is C21H19ClN2O6. The minimum atomic E-state index is -0.688. The molecule has 0 radical (unpaired) electrons. The molecule has 0 N–H and O–H groups in total. The van der Waals surface area contributed by atoms with Crippen molar-refractivity contribution in [2.75, 3.05) is 13.7 Å². The predicted octanol–water partition coefficient (Wildman–Crippen LogP) is 4.64. The number of nitrogens with zero attached hydrogens (tertiary/aromatic N) is 2. The fourth-order valence-electron chi connectivity index (χ4n) is 2.62. The van der Waals surface area contributed by atoms with Crippen molar-refractivity contribution >= 4 is 35.2 Å². The molecule has 0 aromatic heterocycles. The summed E-state index contributed by atoms with van der Waals surface area (Å²) in [5, 5.41) is 11.2. The molecule has 0 unspecified atom stereocenters. The molecule has 0 saturated heterocycles. The van der Waals surface area contributed by atoms with Crippen molar-refractivity contribution in [1.82, 2.24) is 0 Å². The Morgan fingerprint density at radius 1 is 1.23 bits per heavy atom. The number of aliphatic imine (C=N–C) groups is 1. The van der Waals surface area contributed by atoms with E-state index in [2.05, 4.69) is 4.99 Å². The first-order valence-corrected chi connectivity index (χ1v) is 9.44. The van der Waals surface area contributed by atoms with E-state index in [0.717, 1.165) is 0 Å². The third kappa shape index (κ3) is 4.77. The van der Waals surface area contributed by atoms with Gasteiger partial charge in [0.05, 0.1) is 29.2 Å². The maximum atomic E-state index is 12.3. The van der Waals surface area contributed by atoms with Gasteiger partial charge in [-0.3, -0.25) is 10.1 Å². The van der Waals surface area contributed by atoms with Gasteiger partial charge in [-0.2, -0.15) is 0 Å². The Kier molecular flexibility index (Phi) is 6.37. The smallest absolute Gasteiger partial charge is 0.363 e. The van der Waals surface area contributed by atoms with Gasteiger partial charge in [-0.15, -0.1) is 0 Å². The molecule has 1 aliphatic rings. The number of rotatable bonds is 7. The zero-order chi connectivity index (χ0) is 21.8. The monoisotopic (exact) mass is 430 g/mol. The number of nitro groups is 1. The third-order valence-corrected chi connectivity index (χ3v) is 4.40. The number of non-ortho nitro benzene ring substituents is 1. The molecule has 1 heterocycles. The van der Waals surface area contributed by atoms with Crippen molar-refractivity contribution in [1.29, 1.82) is 0 Å². The largest absolute Gasteiger partial charge is 0.493 e. The summed E-state index contributed by atoms with van der Waals surface area (Å²) in [6.07, 6.45) is 1.52. The van der Waals surface area contributed by atoms with E-state index in [1.807, 2.05) is 13.8 Å². The summed E-state index contributed by atoms with van der Waals surface area (Å²) >= 11 is 6.10. The molecule has 0 fully saturated rings. The molecule has 0 atom stereocenters. The van der Waals surface area contributed by atoms with Gasteiger partial charge in [0.2, 0.25) is 5.90 Å². The molecule has 9 heteroatoms. The number of hydrogen-bond acceptors (Lipinski definition) is 7. The molecule has 8 nitrogen and oxygen atoms in total. The van der Waals surface area contributed by atoms with E-state index in [-0.39, 0.29) is 27.9 Å². The Labute approximate surface area is 177 Å². The van der Waals surface area contributed by atoms with Gasteiger partial charge < -0.3 is 14.2 Å². The van der Waals surface area contributed by atoms with Gasteiger partial charge in [-0.25, -0.2) is 9.79 Å². The van der Waals surface area contributed by atoms with E-state index in [4.69, 9.17) is 25.8 Å². The molecular weight excluding hydrogens is 412 g/mol. The van der Waals surface area contributed by atoms with E-state index in [1.165, 1.54) is 31.4 Å². The zero-order valence-electron chi connectivity index (χ0n) is 16.5. The first kappa shape index (κ1) is 21.3. The van der Waals surface area contributed by atoms with Crippen molar-refractivity contribution in [2.45, 2.75) is 13.8 Å². The average molecular weight is 431 g/mol. The lowest BCUT2D eigenvalue weighted by Crippen LogP contribution is -2.06.